The molecule has 0 bridgehead atoms. The van der Waals surface area contributed by atoms with Gasteiger partial charge in [0.2, 0.25) is 0 Å². The normalized spacial score (nSPS) is 12.5. The van der Waals surface area contributed by atoms with Gasteiger partial charge in [-0.05, 0) is 18.7 Å². The number of rotatable bonds is 3. The van der Waals surface area contributed by atoms with E-state index < -0.39 is 10.7 Å². The second-order valence-electron chi connectivity index (χ2n) is 3.10. The molecule has 0 amide bonds. The Labute approximate surface area is 80.7 Å². The lowest BCUT2D eigenvalue weighted by atomic mass is 9.99. The third-order valence-corrected chi connectivity index (χ3v) is 2.07. The van der Waals surface area contributed by atoms with Crippen LogP contribution < -0.4 is 5.73 Å². The third-order valence-electron chi connectivity index (χ3n) is 2.07. The summed E-state index contributed by atoms with van der Waals surface area (Å²) in [6.45, 7) is 2.06. The lowest BCUT2D eigenvalue weighted by molar-refractivity contribution is -0.385. The summed E-state index contributed by atoms with van der Waals surface area (Å²) in [6, 6.07) is 3.53. The molecule has 0 aliphatic heterocycles. The fourth-order valence-corrected chi connectivity index (χ4v) is 1.22. The van der Waals surface area contributed by atoms with E-state index in [-0.39, 0.29) is 11.6 Å². The van der Waals surface area contributed by atoms with E-state index in [4.69, 9.17) is 5.73 Å². The van der Waals surface area contributed by atoms with Gasteiger partial charge in [0.15, 0.2) is 0 Å². The quantitative estimate of drug-likeness (QED) is 0.594. The lowest BCUT2D eigenvalue weighted by Gasteiger charge is -2.08. The zero-order chi connectivity index (χ0) is 10.7. The molecule has 0 saturated heterocycles. The number of benzene rings is 1. The Morgan fingerprint density at radius 1 is 1.64 bits per heavy atom. The monoisotopic (exact) mass is 198 g/mol. The van der Waals surface area contributed by atoms with Crippen LogP contribution in [0.15, 0.2) is 18.2 Å². The van der Waals surface area contributed by atoms with Crippen molar-refractivity contribution < 1.29 is 9.31 Å². The van der Waals surface area contributed by atoms with E-state index in [1.54, 1.807) is 6.92 Å². The first-order chi connectivity index (χ1) is 6.56. The van der Waals surface area contributed by atoms with Crippen molar-refractivity contribution in [3.63, 3.8) is 0 Å². The molecule has 14 heavy (non-hydrogen) atoms. The average molecular weight is 198 g/mol. The molecule has 1 aromatic carbocycles. The number of halogens is 1. The second kappa shape index (κ2) is 4.15. The van der Waals surface area contributed by atoms with Crippen LogP contribution in [0.2, 0.25) is 0 Å². The number of nitrogens with two attached hydrogens (primary N) is 1. The zero-order valence-electron chi connectivity index (χ0n) is 7.74. The Morgan fingerprint density at radius 3 is 2.79 bits per heavy atom. The minimum absolute atomic E-state index is 0.143. The van der Waals surface area contributed by atoms with Gasteiger partial charge in [0.25, 0.3) is 5.69 Å². The second-order valence-corrected chi connectivity index (χ2v) is 3.10. The van der Waals surface area contributed by atoms with E-state index in [0.717, 1.165) is 6.07 Å². The first kappa shape index (κ1) is 10.6. The summed E-state index contributed by atoms with van der Waals surface area (Å²) in [5.74, 6) is -0.749. The van der Waals surface area contributed by atoms with Crippen LogP contribution in [-0.2, 0) is 0 Å². The molecule has 5 heteroatoms. The minimum Gasteiger partial charge on any atom is -0.330 e. The van der Waals surface area contributed by atoms with Gasteiger partial charge >= 0.3 is 0 Å². The summed E-state index contributed by atoms with van der Waals surface area (Å²) < 4.78 is 12.7. The van der Waals surface area contributed by atoms with Gasteiger partial charge in [-0.2, -0.15) is 0 Å². The van der Waals surface area contributed by atoms with Crippen LogP contribution in [0.25, 0.3) is 0 Å². The highest BCUT2D eigenvalue weighted by atomic mass is 19.1. The van der Waals surface area contributed by atoms with Gasteiger partial charge < -0.3 is 5.73 Å². The van der Waals surface area contributed by atoms with Gasteiger partial charge in [0.1, 0.15) is 5.82 Å². The standard InChI is InChI=1S/C9H11FN2O2/c1-6(5-11)8-3-2-7(10)4-9(8)12(13)14/h2-4,6H,5,11H2,1H3/t6-/m0/s1. The van der Waals surface area contributed by atoms with Crippen molar-refractivity contribution in [3.05, 3.63) is 39.7 Å². The van der Waals surface area contributed by atoms with Crippen molar-refractivity contribution in [2.75, 3.05) is 6.54 Å². The number of hydrogen-bond acceptors (Lipinski definition) is 3. The predicted octanol–water partition coefficient (Wildman–Crippen LogP) is 1.80. The SMILES string of the molecule is C[C@@H](CN)c1ccc(F)cc1[N+](=O)[O-]. The third kappa shape index (κ3) is 2.05. The average Bonchev–Trinajstić information content (AvgIpc) is 2.16. The number of nitro groups is 1. The van der Waals surface area contributed by atoms with Crippen LogP contribution in [0, 0.1) is 15.9 Å². The largest absolute Gasteiger partial charge is 0.330 e. The topological polar surface area (TPSA) is 69.2 Å². The number of nitro benzene ring substituents is 1. The van der Waals surface area contributed by atoms with E-state index in [1.807, 2.05) is 0 Å². The molecule has 0 saturated carbocycles. The molecule has 0 aromatic heterocycles. The van der Waals surface area contributed by atoms with Crippen LogP contribution in [0.1, 0.15) is 18.4 Å². The van der Waals surface area contributed by atoms with Crippen LogP contribution in [0.3, 0.4) is 0 Å². The highest BCUT2D eigenvalue weighted by Gasteiger charge is 2.18. The Kier molecular flexibility index (Phi) is 3.14. The van der Waals surface area contributed by atoms with Gasteiger partial charge in [0, 0.05) is 11.5 Å². The Balaban J connectivity index is 3.21. The molecular weight excluding hydrogens is 187 g/mol. The molecule has 1 aromatic rings. The summed E-state index contributed by atoms with van der Waals surface area (Å²) in [6.07, 6.45) is 0. The van der Waals surface area contributed by atoms with Crippen LogP contribution >= 0.6 is 0 Å². The molecule has 0 aliphatic rings. The predicted molar refractivity (Wildman–Crippen MR) is 50.5 cm³/mol. The Bertz CT molecular complexity index is 355. The Morgan fingerprint density at radius 2 is 2.29 bits per heavy atom. The molecule has 4 nitrogen and oxygen atoms in total. The maximum atomic E-state index is 12.7. The van der Waals surface area contributed by atoms with Crippen molar-refractivity contribution in [1.29, 1.82) is 0 Å². The van der Waals surface area contributed by atoms with Crippen molar-refractivity contribution in [2.45, 2.75) is 12.8 Å². The first-order valence-electron chi connectivity index (χ1n) is 4.20. The van der Waals surface area contributed by atoms with Crippen molar-refractivity contribution in [2.24, 2.45) is 5.73 Å². The fourth-order valence-electron chi connectivity index (χ4n) is 1.22. The molecule has 1 rings (SSSR count). The summed E-state index contributed by atoms with van der Waals surface area (Å²) >= 11 is 0. The fraction of sp³-hybridized carbons (Fsp3) is 0.333. The highest BCUT2D eigenvalue weighted by Crippen LogP contribution is 2.26. The van der Waals surface area contributed by atoms with Crippen molar-refractivity contribution in [3.8, 4) is 0 Å². The molecule has 0 heterocycles. The van der Waals surface area contributed by atoms with E-state index in [1.165, 1.54) is 12.1 Å². The van der Waals surface area contributed by atoms with E-state index >= 15 is 0 Å². The number of nitrogens with zero attached hydrogens (tertiary/aromatic N) is 1. The zero-order valence-corrected chi connectivity index (χ0v) is 7.74. The summed E-state index contributed by atoms with van der Waals surface area (Å²) in [4.78, 5) is 10.00. The summed E-state index contributed by atoms with van der Waals surface area (Å²) in [7, 11) is 0. The van der Waals surface area contributed by atoms with E-state index in [2.05, 4.69) is 0 Å². The lowest BCUT2D eigenvalue weighted by Crippen LogP contribution is -2.10. The summed E-state index contributed by atoms with van der Waals surface area (Å²) in [5, 5.41) is 10.6. The van der Waals surface area contributed by atoms with Crippen molar-refractivity contribution in [1.82, 2.24) is 0 Å². The number of hydrogen-bond donors (Lipinski definition) is 1. The first-order valence-corrected chi connectivity index (χ1v) is 4.20. The van der Waals surface area contributed by atoms with Gasteiger partial charge in [-0.15, -0.1) is 0 Å². The molecule has 0 fully saturated rings. The maximum absolute atomic E-state index is 12.7. The molecule has 2 N–H and O–H groups in total. The van der Waals surface area contributed by atoms with Gasteiger partial charge in [-0.1, -0.05) is 6.92 Å². The molecule has 76 valence electrons. The van der Waals surface area contributed by atoms with Gasteiger partial charge in [-0.3, -0.25) is 10.1 Å². The molecule has 1 atom stereocenters. The molecular formula is C9H11FN2O2. The van der Waals surface area contributed by atoms with Crippen molar-refractivity contribution >= 4 is 5.69 Å². The van der Waals surface area contributed by atoms with E-state index in [9.17, 15) is 14.5 Å². The molecule has 0 spiro atoms. The van der Waals surface area contributed by atoms with Gasteiger partial charge in [0.05, 0.1) is 11.0 Å². The van der Waals surface area contributed by atoms with Crippen LogP contribution in [0.5, 0.6) is 0 Å². The highest BCUT2D eigenvalue weighted by molar-refractivity contribution is 5.42. The molecule has 0 aliphatic carbocycles. The molecule has 0 unspecified atom stereocenters. The molecule has 0 radical (unpaired) electrons. The van der Waals surface area contributed by atoms with Crippen LogP contribution in [-0.4, -0.2) is 11.5 Å². The Hall–Kier alpha value is -1.49. The summed E-state index contributed by atoms with van der Waals surface area (Å²) in [5.41, 5.74) is 5.66. The minimum atomic E-state index is -0.607. The van der Waals surface area contributed by atoms with Gasteiger partial charge in [-0.25, -0.2) is 4.39 Å². The van der Waals surface area contributed by atoms with E-state index in [0.29, 0.717) is 12.1 Å². The van der Waals surface area contributed by atoms with Crippen LogP contribution in [0.4, 0.5) is 10.1 Å². The smallest absolute Gasteiger partial charge is 0.275 e. The maximum Gasteiger partial charge on any atom is 0.275 e.